The minimum Gasteiger partial charge on any atom is -0.313 e. The summed E-state index contributed by atoms with van der Waals surface area (Å²) < 4.78 is 2.97. The Morgan fingerprint density at radius 1 is 1.12 bits per heavy atom. The summed E-state index contributed by atoms with van der Waals surface area (Å²) >= 11 is 0. The Morgan fingerprint density at radius 3 is 2.55 bits per heavy atom. The first-order valence-electron chi connectivity index (χ1n) is 10.6. The van der Waals surface area contributed by atoms with E-state index in [1.165, 1.54) is 16.7 Å². The number of rotatable bonds is 7. The molecule has 0 saturated heterocycles. The molecule has 33 heavy (non-hydrogen) atoms. The molecule has 2 heterocycles. The van der Waals surface area contributed by atoms with Crippen LogP contribution < -0.4 is 10.6 Å². The Hall–Kier alpha value is -4.27. The number of amides is 1. The summed E-state index contributed by atoms with van der Waals surface area (Å²) in [6.45, 7) is 4.48. The molecule has 1 amide bonds. The first-order chi connectivity index (χ1) is 15.9. The van der Waals surface area contributed by atoms with Gasteiger partial charge in [-0.25, -0.2) is 14.3 Å². The first kappa shape index (κ1) is 21.9. The summed E-state index contributed by atoms with van der Waals surface area (Å²) in [5, 5.41) is 11.2. The molecule has 0 fully saturated rings. The van der Waals surface area contributed by atoms with Crippen molar-refractivity contribution in [2.45, 2.75) is 26.8 Å². The molecule has 9 nitrogen and oxygen atoms in total. The van der Waals surface area contributed by atoms with E-state index in [9.17, 15) is 19.7 Å². The lowest BCUT2D eigenvalue weighted by atomic mass is 10.2. The highest BCUT2D eigenvalue weighted by Crippen LogP contribution is 2.21. The van der Waals surface area contributed by atoms with E-state index in [1.807, 2.05) is 31.2 Å². The van der Waals surface area contributed by atoms with Gasteiger partial charge in [0.1, 0.15) is 0 Å². The normalized spacial score (nSPS) is 11.0. The van der Waals surface area contributed by atoms with Crippen LogP contribution in [0.25, 0.3) is 16.9 Å². The quantitative estimate of drug-likeness (QED) is 0.317. The van der Waals surface area contributed by atoms with Gasteiger partial charge in [0.15, 0.2) is 5.65 Å². The van der Waals surface area contributed by atoms with Crippen molar-refractivity contribution < 1.29 is 9.72 Å². The molecule has 0 N–H and O–H groups in total. The molecule has 4 aromatic rings. The van der Waals surface area contributed by atoms with Gasteiger partial charge in [0.05, 0.1) is 22.7 Å². The predicted molar refractivity (Wildman–Crippen MR) is 126 cm³/mol. The Morgan fingerprint density at radius 2 is 1.88 bits per heavy atom. The maximum atomic E-state index is 13.4. The number of benzene rings is 2. The van der Waals surface area contributed by atoms with Crippen LogP contribution in [0.15, 0.2) is 71.7 Å². The number of non-ortho nitro benzene ring substituents is 1. The van der Waals surface area contributed by atoms with Crippen molar-refractivity contribution in [1.29, 1.82) is 0 Å². The zero-order chi connectivity index (χ0) is 23.5. The SMILES string of the molecule is CCCN(C(C)=O)c1ccc(Cn2c(=O)n(-c3cccc([N+](=O)[O-])c3)c3ncccc32)cc1. The highest BCUT2D eigenvalue weighted by Gasteiger charge is 2.18. The Labute approximate surface area is 189 Å². The molecule has 0 radical (unpaired) electrons. The number of fused-ring (bicyclic) bond motifs is 1. The van der Waals surface area contributed by atoms with Gasteiger partial charge >= 0.3 is 5.69 Å². The molecule has 0 atom stereocenters. The smallest absolute Gasteiger partial charge is 0.313 e. The number of imidazole rings is 1. The van der Waals surface area contributed by atoms with Gasteiger partial charge in [-0.1, -0.05) is 25.1 Å². The lowest BCUT2D eigenvalue weighted by Crippen LogP contribution is -2.29. The second-order valence-corrected chi connectivity index (χ2v) is 7.66. The van der Waals surface area contributed by atoms with E-state index in [0.29, 0.717) is 23.4 Å². The van der Waals surface area contributed by atoms with Crippen LogP contribution >= 0.6 is 0 Å². The van der Waals surface area contributed by atoms with Gasteiger partial charge in [-0.05, 0) is 42.3 Å². The molecule has 0 aliphatic heterocycles. The standard InChI is InChI=1S/C24H23N5O4/c1-3-14-26(17(2)30)19-11-9-18(10-12-19)16-27-22-8-5-13-25-23(22)28(24(27)31)20-6-4-7-21(15-20)29(32)33/h4-13,15H,3,14,16H2,1-2H3. The van der Waals surface area contributed by atoms with Crippen molar-refractivity contribution in [2.75, 3.05) is 11.4 Å². The van der Waals surface area contributed by atoms with E-state index in [4.69, 9.17) is 0 Å². The van der Waals surface area contributed by atoms with Crippen LogP contribution in [0.1, 0.15) is 25.8 Å². The fourth-order valence-corrected chi connectivity index (χ4v) is 3.87. The zero-order valence-electron chi connectivity index (χ0n) is 18.3. The van der Waals surface area contributed by atoms with Gasteiger partial charge in [0.25, 0.3) is 5.69 Å². The lowest BCUT2D eigenvalue weighted by Gasteiger charge is -2.20. The molecule has 2 aromatic heterocycles. The second kappa shape index (κ2) is 9.07. The molecule has 0 unspecified atom stereocenters. The van der Waals surface area contributed by atoms with Gasteiger partial charge in [0.2, 0.25) is 5.91 Å². The molecule has 0 saturated carbocycles. The number of carbonyl (C=O) groups is 1. The molecule has 0 spiro atoms. The van der Waals surface area contributed by atoms with Crippen molar-refractivity contribution in [3.05, 3.63) is 93.0 Å². The topological polar surface area (TPSA) is 103 Å². The monoisotopic (exact) mass is 445 g/mol. The fourth-order valence-electron chi connectivity index (χ4n) is 3.87. The Bertz CT molecular complexity index is 1390. The molecule has 168 valence electrons. The number of hydrogen-bond donors (Lipinski definition) is 0. The Kier molecular flexibility index (Phi) is 6.03. The van der Waals surface area contributed by atoms with Crippen LogP contribution in [0.4, 0.5) is 11.4 Å². The van der Waals surface area contributed by atoms with Gasteiger partial charge < -0.3 is 4.90 Å². The maximum Gasteiger partial charge on any atom is 0.335 e. The molecule has 9 heteroatoms. The van der Waals surface area contributed by atoms with Gasteiger partial charge in [-0.2, -0.15) is 0 Å². The highest BCUT2D eigenvalue weighted by atomic mass is 16.6. The van der Waals surface area contributed by atoms with Gasteiger partial charge in [-0.3, -0.25) is 19.5 Å². The highest BCUT2D eigenvalue weighted by molar-refractivity contribution is 5.91. The summed E-state index contributed by atoms with van der Waals surface area (Å²) in [4.78, 5) is 42.1. The number of pyridine rings is 1. The van der Waals surface area contributed by atoms with Crippen LogP contribution in [0.2, 0.25) is 0 Å². The van der Waals surface area contributed by atoms with Crippen LogP contribution in [0.5, 0.6) is 0 Å². The number of nitrogens with zero attached hydrogens (tertiary/aromatic N) is 5. The maximum absolute atomic E-state index is 13.4. The summed E-state index contributed by atoms with van der Waals surface area (Å²) in [5.41, 5.74) is 2.66. The van der Waals surface area contributed by atoms with Crippen LogP contribution in [-0.4, -0.2) is 31.5 Å². The average Bonchev–Trinajstić information content (AvgIpc) is 3.09. The number of hydrogen-bond acceptors (Lipinski definition) is 5. The third-order valence-corrected chi connectivity index (χ3v) is 5.41. The minimum atomic E-state index is -0.494. The number of aromatic nitrogens is 3. The number of anilines is 1. The van der Waals surface area contributed by atoms with Crippen LogP contribution in [-0.2, 0) is 11.3 Å². The third-order valence-electron chi connectivity index (χ3n) is 5.41. The van der Waals surface area contributed by atoms with Gasteiger partial charge in [0, 0.05) is 37.5 Å². The average molecular weight is 445 g/mol. The van der Waals surface area contributed by atoms with E-state index in [2.05, 4.69) is 4.98 Å². The fraction of sp³-hybridized carbons (Fsp3) is 0.208. The molecular weight excluding hydrogens is 422 g/mol. The second-order valence-electron chi connectivity index (χ2n) is 7.66. The lowest BCUT2D eigenvalue weighted by molar-refractivity contribution is -0.384. The summed E-state index contributed by atoms with van der Waals surface area (Å²) in [5.74, 6) is -0.0214. The molecule has 0 aliphatic rings. The third kappa shape index (κ3) is 4.25. The van der Waals surface area contributed by atoms with E-state index in [0.717, 1.165) is 17.7 Å². The number of nitro benzene ring substituents is 1. The summed E-state index contributed by atoms with van der Waals surface area (Å²) in [7, 11) is 0. The number of carbonyl (C=O) groups excluding carboxylic acids is 1. The summed E-state index contributed by atoms with van der Waals surface area (Å²) in [6.07, 6.45) is 2.43. The molecular formula is C24H23N5O4. The van der Waals surface area contributed by atoms with Crippen molar-refractivity contribution >= 4 is 28.4 Å². The predicted octanol–water partition coefficient (Wildman–Crippen LogP) is 3.91. The zero-order valence-corrected chi connectivity index (χ0v) is 18.3. The number of nitro groups is 1. The van der Waals surface area contributed by atoms with E-state index < -0.39 is 4.92 Å². The molecule has 2 aromatic carbocycles. The molecule has 0 aliphatic carbocycles. The minimum absolute atomic E-state index is 0.0214. The van der Waals surface area contributed by atoms with Crippen molar-refractivity contribution in [3.8, 4) is 5.69 Å². The van der Waals surface area contributed by atoms with Gasteiger partial charge in [-0.15, -0.1) is 0 Å². The Balaban J connectivity index is 1.75. The molecule has 4 rings (SSSR count). The van der Waals surface area contributed by atoms with Crippen LogP contribution in [0, 0.1) is 10.1 Å². The van der Waals surface area contributed by atoms with Crippen molar-refractivity contribution in [2.24, 2.45) is 0 Å². The molecule has 0 bridgehead atoms. The first-order valence-corrected chi connectivity index (χ1v) is 10.6. The van der Waals surface area contributed by atoms with E-state index >= 15 is 0 Å². The van der Waals surface area contributed by atoms with E-state index in [-0.39, 0.29) is 23.8 Å². The van der Waals surface area contributed by atoms with Crippen molar-refractivity contribution in [1.82, 2.24) is 14.1 Å². The summed E-state index contributed by atoms with van der Waals surface area (Å²) in [6, 6.07) is 17.0. The largest absolute Gasteiger partial charge is 0.335 e. The van der Waals surface area contributed by atoms with Crippen LogP contribution in [0.3, 0.4) is 0 Å². The van der Waals surface area contributed by atoms with Crippen molar-refractivity contribution in [3.63, 3.8) is 0 Å². The van der Waals surface area contributed by atoms with E-state index in [1.54, 1.807) is 46.9 Å².